The van der Waals surface area contributed by atoms with Crippen LogP contribution in [0.4, 0.5) is 5.69 Å². The molecule has 0 spiro atoms. The number of hydrogen-bond donors (Lipinski definition) is 3. The van der Waals surface area contributed by atoms with E-state index in [1.807, 2.05) is 0 Å². The normalized spacial score (nSPS) is 12.4. The second-order valence-electron chi connectivity index (χ2n) is 3.89. The van der Waals surface area contributed by atoms with Gasteiger partial charge in [-0.3, -0.25) is 4.79 Å². The number of carbonyl (C=O) groups excluding carboxylic acids is 1. The first-order valence-electron chi connectivity index (χ1n) is 5.61. The zero-order chi connectivity index (χ0) is 14.3. The van der Waals surface area contributed by atoms with E-state index in [0.29, 0.717) is 10.7 Å². The number of nitrogens with one attached hydrogen (secondary N) is 2. The number of halogens is 1. The van der Waals surface area contributed by atoms with Crippen molar-refractivity contribution in [1.82, 2.24) is 5.32 Å². The average Bonchev–Trinajstić information content (AvgIpc) is 2.34. The van der Waals surface area contributed by atoms with E-state index in [4.69, 9.17) is 22.0 Å². The minimum absolute atomic E-state index is 0.0828. The van der Waals surface area contributed by atoms with Crippen molar-refractivity contribution >= 4 is 23.2 Å². The van der Waals surface area contributed by atoms with Crippen LogP contribution in [0.5, 0.6) is 0 Å². The topological polar surface area (TPSA) is 85.2 Å². The molecular weight excluding hydrogens is 266 g/mol. The van der Waals surface area contributed by atoms with Gasteiger partial charge in [-0.2, -0.15) is 5.26 Å². The number of rotatable bonds is 5. The number of nitriles is 1. The quantitative estimate of drug-likeness (QED) is 0.565. The molecule has 100 valence electrons. The number of aliphatic hydroxyl groups excluding tert-OH is 1. The molecule has 6 heteroatoms. The van der Waals surface area contributed by atoms with Gasteiger partial charge in [0.25, 0.3) is 5.91 Å². The monoisotopic (exact) mass is 279 g/mol. The predicted molar refractivity (Wildman–Crippen MR) is 73.5 cm³/mol. The molecule has 0 saturated heterocycles. The third-order valence-corrected chi connectivity index (χ3v) is 2.34. The van der Waals surface area contributed by atoms with Crippen molar-refractivity contribution in [1.29, 1.82) is 5.26 Å². The molecule has 0 fully saturated rings. The van der Waals surface area contributed by atoms with Gasteiger partial charge in [-0.25, -0.2) is 0 Å². The first-order valence-corrected chi connectivity index (χ1v) is 5.99. The van der Waals surface area contributed by atoms with Gasteiger partial charge in [-0.1, -0.05) is 17.7 Å². The zero-order valence-electron chi connectivity index (χ0n) is 10.4. The van der Waals surface area contributed by atoms with E-state index in [1.54, 1.807) is 37.3 Å². The highest BCUT2D eigenvalue weighted by Crippen LogP contribution is 2.15. The average molecular weight is 280 g/mol. The lowest BCUT2D eigenvalue weighted by Gasteiger charge is -2.06. The minimum atomic E-state index is -0.563. The highest BCUT2D eigenvalue weighted by Gasteiger charge is 2.09. The number of benzene rings is 1. The smallest absolute Gasteiger partial charge is 0.267 e. The maximum atomic E-state index is 11.8. The molecule has 5 nitrogen and oxygen atoms in total. The molecule has 1 aromatic rings. The van der Waals surface area contributed by atoms with Gasteiger partial charge in [0.05, 0.1) is 6.10 Å². The number of nitrogens with zero attached hydrogens (tertiary/aromatic N) is 1. The molecule has 0 aliphatic rings. The van der Waals surface area contributed by atoms with Crippen molar-refractivity contribution in [3.8, 4) is 6.07 Å². The molecule has 1 unspecified atom stereocenters. The largest absolute Gasteiger partial charge is 0.392 e. The van der Waals surface area contributed by atoms with Gasteiger partial charge in [0.15, 0.2) is 0 Å². The van der Waals surface area contributed by atoms with Gasteiger partial charge in [0.2, 0.25) is 0 Å². The Morgan fingerprint density at radius 1 is 1.63 bits per heavy atom. The molecule has 19 heavy (non-hydrogen) atoms. The predicted octanol–water partition coefficient (Wildman–Crippen LogP) is 1.66. The lowest BCUT2D eigenvalue weighted by atomic mass is 10.2. The van der Waals surface area contributed by atoms with Gasteiger partial charge in [0.1, 0.15) is 11.6 Å². The molecule has 0 saturated carbocycles. The van der Waals surface area contributed by atoms with Crippen LogP contribution in [0.1, 0.15) is 6.92 Å². The first kappa shape index (κ1) is 15.0. The fourth-order valence-electron chi connectivity index (χ4n) is 1.24. The molecule has 0 aromatic heterocycles. The Labute approximate surface area is 116 Å². The Bertz CT molecular complexity index is 521. The summed E-state index contributed by atoms with van der Waals surface area (Å²) >= 11 is 5.79. The SMILES string of the molecule is CC(O)CN/C=C(/C#N)C(=O)Nc1cccc(Cl)c1. The van der Waals surface area contributed by atoms with Crippen molar-refractivity contribution in [3.63, 3.8) is 0 Å². The third-order valence-electron chi connectivity index (χ3n) is 2.11. The maximum Gasteiger partial charge on any atom is 0.267 e. The van der Waals surface area contributed by atoms with Crippen LogP contribution in [0.3, 0.4) is 0 Å². The second-order valence-corrected chi connectivity index (χ2v) is 4.33. The summed E-state index contributed by atoms with van der Waals surface area (Å²) in [5.41, 5.74) is 0.426. The lowest BCUT2D eigenvalue weighted by Crippen LogP contribution is -2.22. The number of aliphatic hydroxyl groups is 1. The molecule has 0 aliphatic heterocycles. The molecule has 0 radical (unpaired) electrons. The van der Waals surface area contributed by atoms with Gasteiger partial charge >= 0.3 is 0 Å². The minimum Gasteiger partial charge on any atom is -0.392 e. The highest BCUT2D eigenvalue weighted by molar-refractivity contribution is 6.31. The molecule has 1 amide bonds. The molecule has 1 aromatic carbocycles. The van der Waals surface area contributed by atoms with E-state index in [0.717, 1.165) is 0 Å². The third kappa shape index (κ3) is 5.42. The summed E-state index contributed by atoms with van der Waals surface area (Å²) in [7, 11) is 0. The van der Waals surface area contributed by atoms with E-state index in [9.17, 15) is 4.79 Å². The van der Waals surface area contributed by atoms with Crippen LogP contribution in [0.25, 0.3) is 0 Å². The van der Waals surface area contributed by atoms with Gasteiger partial charge < -0.3 is 15.7 Å². The Balaban J connectivity index is 2.67. The molecule has 0 bridgehead atoms. The van der Waals surface area contributed by atoms with Crippen molar-refractivity contribution in [3.05, 3.63) is 41.1 Å². The molecule has 1 rings (SSSR count). The van der Waals surface area contributed by atoms with E-state index >= 15 is 0 Å². The molecule has 1 atom stereocenters. The number of hydrogen-bond acceptors (Lipinski definition) is 4. The van der Waals surface area contributed by atoms with Crippen LogP contribution in [-0.4, -0.2) is 23.7 Å². The number of carbonyl (C=O) groups is 1. The van der Waals surface area contributed by atoms with E-state index in [2.05, 4.69) is 10.6 Å². The van der Waals surface area contributed by atoms with Crippen LogP contribution >= 0.6 is 11.6 Å². The molecule has 0 heterocycles. The second kappa shape index (κ2) is 7.41. The lowest BCUT2D eigenvalue weighted by molar-refractivity contribution is -0.112. The summed E-state index contributed by atoms with van der Waals surface area (Å²) in [4.78, 5) is 11.8. The van der Waals surface area contributed by atoms with Crippen LogP contribution in [0.15, 0.2) is 36.0 Å². The number of amides is 1. The standard InChI is InChI=1S/C13H14ClN3O2/c1-9(18)7-16-8-10(6-15)13(19)17-12-4-2-3-11(14)5-12/h2-5,8-9,16,18H,7H2,1H3,(H,17,19)/b10-8-. The fourth-order valence-corrected chi connectivity index (χ4v) is 1.44. The summed E-state index contributed by atoms with van der Waals surface area (Å²) < 4.78 is 0. The first-order chi connectivity index (χ1) is 9.02. The van der Waals surface area contributed by atoms with Crippen molar-refractivity contribution in [2.75, 3.05) is 11.9 Å². The van der Waals surface area contributed by atoms with Crippen molar-refractivity contribution in [2.45, 2.75) is 13.0 Å². The van der Waals surface area contributed by atoms with Gasteiger partial charge in [-0.05, 0) is 25.1 Å². The van der Waals surface area contributed by atoms with Crippen LogP contribution in [-0.2, 0) is 4.79 Å². The highest BCUT2D eigenvalue weighted by atomic mass is 35.5. The fraction of sp³-hybridized carbons (Fsp3) is 0.231. The summed E-state index contributed by atoms with van der Waals surface area (Å²) in [5, 5.41) is 23.7. The summed E-state index contributed by atoms with van der Waals surface area (Å²) in [6.07, 6.45) is 0.708. The summed E-state index contributed by atoms with van der Waals surface area (Å²) in [5.74, 6) is -0.539. The zero-order valence-corrected chi connectivity index (χ0v) is 11.1. The van der Waals surface area contributed by atoms with E-state index in [1.165, 1.54) is 6.20 Å². The molecule has 0 aliphatic carbocycles. The van der Waals surface area contributed by atoms with Crippen molar-refractivity contribution in [2.24, 2.45) is 0 Å². The molecular formula is C13H14ClN3O2. The Kier molecular flexibility index (Phi) is 5.86. The van der Waals surface area contributed by atoms with Gasteiger partial charge in [0, 0.05) is 23.5 Å². The van der Waals surface area contributed by atoms with Gasteiger partial charge in [-0.15, -0.1) is 0 Å². The number of anilines is 1. The van der Waals surface area contributed by atoms with Crippen LogP contribution < -0.4 is 10.6 Å². The van der Waals surface area contributed by atoms with E-state index in [-0.39, 0.29) is 12.1 Å². The Morgan fingerprint density at radius 3 is 2.95 bits per heavy atom. The summed E-state index contributed by atoms with van der Waals surface area (Å²) in [6, 6.07) is 8.41. The maximum absolute atomic E-state index is 11.8. The van der Waals surface area contributed by atoms with Crippen molar-refractivity contribution < 1.29 is 9.90 Å². The summed E-state index contributed by atoms with van der Waals surface area (Å²) in [6.45, 7) is 1.86. The van der Waals surface area contributed by atoms with E-state index < -0.39 is 12.0 Å². The Hall–Kier alpha value is -2.03. The Morgan fingerprint density at radius 2 is 2.37 bits per heavy atom. The van der Waals surface area contributed by atoms with Crippen LogP contribution in [0, 0.1) is 11.3 Å². The molecule has 3 N–H and O–H groups in total. The van der Waals surface area contributed by atoms with Crippen LogP contribution in [0.2, 0.25) is 5.02 Å².